The maximum absolute atomic E-state index is 10.5. The van der Waals surface area contributed by atoms with Gasteiger partial charge in [0, 0.05) is 6.54 Å². The van der Waals surface area contributed by atoms with Crippen molar-refractivity contribution in [2.45, 2.75) is 19.0 Å². The van der Waals surface area contributed by atoms with Crippen molar-refractivity contribution in [3.8, 4) is 0 Å². The van der Waals surface area contributed by atoms with Gasteiger partial charge in [-0.1, -0.05) is 24.3 Å². The van der Waals surface area contributed by atoms with E-state index in [0.29, 0.717) is 6.42 Å². The fourth-order valence-electron chi connectivity index (χ4n) is 1.34. The Labute approximate surface area is 89.1 Å². The highest BCUT2D eigenvalue weighted by Gasteiger charge is 2.11. The van der Waals surface area contributed by atoms with E-state index in [2.05, 4.69) is 5.32 Å². The lowest BCUT2D eigenvalue weighted by Crippen LogP contribution is -2.32. The minimum Gasteiger partial charge on any atom is -0.480 e. The first-order valence-corrected chi connectivity index (χ1v) is 4.84. The highest BCUT2D eigenvalue weighted by molar-refractivity contribution is 5.73. The molecule has 0 amide bonds. The Kier molecular flexibility index (Phi) is 4.27. The van der Waals surface area contributed by atoms with Crippen LogP contribution in [-0.4, -0.2) is 24.2 Å². The van der Waals surface area contributed by atoms with Crippen molar-refractivity contribution >= 4 is 5.97 Å². The van der Waals surface area contributed by atoms with Gasteiger partial charge in [-0.05, 0) is 24.6 Å². The summed E-state index contributed by atoms with van der Waals surface area (Å²) in [5.41, 5.74) is 7.55. The number of nitrogens with one attached hydrogen (secondary N) is 1. The van der Waals surface area contributed by atoms with Crippen LogP contribution in [0.25, 0.3) is 0 Å². The summed E-state index contributed by atoms with van der Waals surface area (Å²) in [6.07, 6.45) is 0.370. The van der Waals surface area contributed by atoms with Crippen LogP contribution in [0, 0.1) is 0 Å². The average Bonchev–Trinajstić information content (AvgIpc) is 2.21. The lowest BCUT2D eigenvalue weighted by molar-refractivity contribution is -0.138. The van der Waals surface area contributed by atoms with E-state index in [1.807, 2.05) is 31.3 Å². The molecule has 4 nitrogen and oxygen atoms in total. The van der Waals surface area contributed by atoms with Crippen molar-refractivity contribution in [1.29, 1.82) is 0 Å². The number of hydrogen-bond acceptors (Lipinski definition) is 3. The van der Waals surface area contributed by atoms with E-state index in [-0.39, 0.29) is 0 Å². The van der Waals surface area contributed by atoms with E-state index in [1.165, 1.54) is 5.56 Å². The second-order valence-electron chi connectivity index (χ2n) is 3.50. The first kappa shape index (κ1) is 11.7. The Balaban J connectivity index is 2.60. The van der Waals surface area contributed by atoms with Crippen LogP contribution in [0.5, 0.6) is 0 Å². The number of carboxylic acid groups (broad SMARTS) is 1. The molecule has 4 N–H and O–H groups in total. The van der Waals surface area contributed by atoms with Crippen LogP contribution in [0.1, 0.15) is 11.1 Å². The van der Waals surface area contributed by atoms with Gasteiger partial charge in [-0.2, -0.15) is 0 Å². The van der Waals surface area contributed by atoms with Gasteiger partial charge in [-0.25, -0.2) is 0 Å². The van der Waals surface area contributed by atoms with Crippen molar-refractivity contribution in [2.75, 3.05) is 7.05 Å². The molecule has 0 aliphatic rings. The summed E-state index contributed by atoms with van der Waals surface area (Å²) in [7, 11) is 1.88. The van der Waals surface area contributed by atoms with Gasteiger partial charge in [-0.15, -0.1) is 0 Å². The fraction of sp³-hybridized carbons (Fsp3) is 0.364. The van der Waals surface area contributed by atoms with Crippen LogP contribution in [-0.2, 0) is 17.8 Å². The van der Waals surface area contributed by atoms with E-state index in [0.717, 1.165) is 12.1 Å². The third-order valence-corrected chi connectivity index (χ3v) is 2.18. The summed E-state index contributed by atoms with van der Waals surface area (Å²) in [4.78, 5) is 10.5. The lowest BCUT2D eigenvalue weighted by Gasteiger charge is -2.07. The summed E-state index contributed by atoms with van der Waals surface area (Å²) >= 11 is 0. The van der Waals surface area contributed by atoms with E-state index in [4.69, 9.17) is 10.8 Å². The van der Waals surface area contributed by atoms with Gasteiger partial charge >= 0.3 is 5.97 Å². The number of rotatable bonds is 5. The summed E-state index contributed by atoms with van der Waals surface area (Å²) in [6.45, 7) is 0.811. The molecule has 0 heterocycles. The van der Waals surface area contributed by atoms with E-state index >= 15 is 0 Å². The number of carbonyl (C=O) groups is 1. The van der Waals surface area contributed by atoms with Gasteiger partial charge in [0.05, 0.1) is 0 Å². The SMILES string of the molecule is CNCc1ccc(C[C@H](N)C(=O)O)cc1. The normalized spacial score (nSPS) is 12.4. The molecule has 15 heavy (non-hydrogen) atoms. The monoisotopic (exact) mass is 208 g/mol. The first-order chi connectivity index (χ1) is 7.13. The third kappa shape index (κ3) is 3.69. The number of nitrogens with two attached hydrogens (primary N) is 1. The van der Waals surface area contributed by atoms with E-state index in [9.17, 15) is 4.79 Å². The van der Waals surface area contributed by atoms with E-state index < -0.39 is 12.0 Å². The smallest absolute Gasteiger partial charge is 0.320 e. The molecule has 0 aliphatic carbocycles. The van der Waals surface area contributed by atoms with Crippen molar-refractivity contribution in [2.24, 2.45) is 5.73 Å². The van der Waals surface area contributed by atoms with Crippen molar-refractivity contribution in [3.63, 3.8) is 0 Å². The highest BCUT2D eigenvalue weighted by atomic mass is 16.4. The quantitative estimate of drug-likeness (QED) is 0.653. The van der Waals surface area contributed by atoms with Gasteiger partial charge < -0.3 is 16.2 Å². The van der Waals surface area contributed by atoms with Crippen LogP contribution < -0.4 is 11.1 Å². The third-order valence-electron chi connectivity index (χ3n) is 2.18. The Hall–Kier alpha value is -1.39. The fourth-order valence-corrected chi connectivity index (χ4v) is 1.34. The largest absolute Gasteiger partial charge is 0.480 e. The number of aliphatic carboxylic acids is 1. The van der Waals surface area contributed by atoms with Gasteiger partial charge in [0.25, 0.3) is 0 Å². The molecule has 4 heteroatoms. The topological polar surface area (TPSA) is 75.3 Å². The molecule has 0 bridgehead atoms. The Bertz CT molecular complexity index is 322. The molecule has 1 atom stereocenters. The van der Waals surface area contributed by atoms with Crippen LogP contribution in [0.15, 0.2) is 24.3 Å². The van der Waals surface area contributed by atoms with Crippen molar-refractivity contribution in [3.05, 3.63) is 35.4 Å². The zero-order valence-corrected chi connectivity index (χ0v) is 8.73. The van der Waals surface area contributed by atoms with Crippen molar-refractivity contribution < 1.29 is 9.90 Å². The standard InChI is InChI=1S/C11H16N2O2/c1-13-7-9-4-2-8(3-5-9)6-10(12)11(14)15/h2-5,10,13H,6-7,12H2,1H3,(H,14,15)/t10-/m0/s1. The molecular formula is C11H16N2O2. The second-order valence-corrected chi connectivity index (χ2v) is 3.50. The number of carboxylic acids is 1. The Morgan fingerprint density at radius 3 is 2.40 bits per heavy atom. The van der Waals surface area contributed by atoms with Crippen LogP contribution in [0.2, 0.25) is 0 Å². The predicted molar refractivity (Wildman–Crippen MR) is 58.5 cm³/mol. The molecule has 0 radical (unpaired) electrons. The molecule has 0 aromatic heterocycles. The van der Waals surface area contributed by atoms with Gasteiger partial charge in [0.2, 0.25) is 0 Å². The molecule has 1 aromatic carbocycles. The second kappa shape index (κ2) is 5.48. The molecule has 0 spiro atoms. The van der Waals surface area contributed by atoms with E-state index in [1.54, 1.807) is 0 Å². The summed E-state index contributed by atoms with van der Waals surface area (Å²) in [5, 5.41) is 11.7. The number of hydrogen-bond donors (Lipinski definition) is 3. The number of benzene rings is 1. The minimum absolute atomic E-state index is 0.370. The maximum atomic E-state index is 10.5. The zero-order valence-electron chi connectivity index (χ0n) is 8.73. The maximum Gasteiger partial charge on any atom is 0.320 e. The van der Waals surface area contributed by atoms with Gasteiger partial charge in [-0.3, -0.25) is 4.79 Å². The average molecular weight is 208 g/mol. The Morgan fingerprint density at radius 2 is 1.93 bits per heavy atom. The summed E-state index contributed by atoms with van der Waals surface area (Å²) in [6, 6.07) is 6.95. The molecule has 0 aliphatic heterocycles. The molecule has 1 aromatic rings. The van der Waals surface area contributed by atoms with Gasteiger partial charge in [0.1, 0.15) is 6.04 Å². The molecular weight excluding hydrogens is 192 g/mol. The summed E-state index contributed by atoms with van der Waals surface area (Å²) in [5.74, 6) is -0.964. The molecule has 0 saturated heterocycles. The van der Waals surface area contributed by atoms with Crippen LogP contribution in [0.4, 0.5) is 0 Å². The predicted octanol–water partition coefficient (Wildman–Crippen LogP) is 0.360. The molecule has 0 unspecified atom stereocenters. The molecule has 82 valence electrons. The van der Waals surface area contributed by atoms with Gasteiger partial charge in [0.15, 0.2) is 0 Å². The first-order valence-electron chi connectivity index (χ1n) is 4.84. The van der Waals surface area contributed by atoms with Crippen LogP contribution in [0.3, 0.4) is 0 Å². The minimum atomic E-state index is -0.964. The van der Waals surface area contributed by atoms with Crippen LogP contribution >= 0.6 is 0 Å². The molecule has 0 fully saturated rings. The molecule has 1 rings (SSSR count). The molecule has 0 saturated carbocycles. The summed E-state index contributed by atoms with van der Waals surface area (Å²) < 4.78 is 0. The zero-order chi connectivity index (χ0) is 11.3. The lowest BCUT2D eigenvalue weighted by atomic mass is 10.0. The van der Waals surface area contributed by atoms with Crippen molar-refractivity contribution in [1.82, 2.24) is 5.32 Å². The Morgan fingerprint density at radius 1 is 1.40 bits per heavy atom. The highest BCUT2D eigenvalue weighted by Crippen LogP contribution is 2.06.